The van der Waals surface area contributed by atoms with Gasteiger partial charge in [0.1, 0.15) is 0 Å². The summed E-state index contributed by atoms with van der Waals surface area (Å²) in [5.74, 6) is 1.08. The molecule has 0 radical (unpaired) electrons. The van der Waals surface area contributed by atoms with E-state index < -0.39 is 6.10 Å². The number of halogens is 1. The van der Waals surface area contributed by atoms with E-state index in [1.54, 1.807) is 6.92 Å². The molecule has 5 heteroatoms. The Hall–Kier alpha value is -1.20. The van der Waals surface area contributed by atoms with Crippen molar-refractivity contribution in [3.8, 4) is 0 Å². The average molecular weight is 325 g/mol. The standard InChI is InChI=1S/C14H17BrN2O2/c1-3-12(9(2)18)14-16-13(17-19-14)8-10-4-6-11(15)7-5-10/h4-7,9,12,18H,3,8H2,1-2H3. The molecule has 0 spiro atoms. The minimum Gasteiger partial charge on any atom is -0.393 e. The molecule has 2 unspecified atom stereocenters. The summed E-state index contributed by atoms with van der Waals surface area (Å²) < 4.78 is 6.29. The quantitative estimate of drug-likeness (QED) is 0.916. The molecule has 0 aliphatic carbocycles. The molecule has 1 N–H and O–H groups in total. The summed E-state index contributed by atoms with van der Waals surface area (Å²) in [5.41, 5.74) is 1.13. The largest absolute Gasteiger partial charge is 0.393 e. The molecule has 0 saturated heterocycles. The van der Waals surface area contributed by atoms with Crippen molar-refractivity contribution in [3.63, 3.8) is 0 Å². The lowest BCUT2D eigenvalue weighted by Crippen LogP contribution is -2.14. The first-order chi connectivity index (χ1) is 9.10. The van der Waals surface area contributed by atoms with Crippen molar-refractivity contribution in [1.29, 1.82) is 0 Å². The van der Waals surface area contributed by atoms with Crippen molar-refractivity contribution in [2.45, 2.75) is 38.7 Å². The van der Waals surface area contributed by atoms with Crippen molar-refractivity contribution in [2.75, 3.05) is 0 Å². The molecule has 0 aliphatic rings. The molecule has 0 amide bonds. The smallest absolute Gasteiger partial charge is 0.232 e. The maximum Gasteiger partial charge on any atom is 0.232 e. The van der Waals surface area contributed by atoms with E-state index >= 15 is 0 Å². The molecule has 0 aliphatic heterocycles. The van der Waals surface area contributed by atoms with E-state index in [0.29, 0.717) is 18.1 Å². The van der Waals surface area contributed by atoms with E-state index in [4.69, 9.17) is 4.52 Å². The van der Waals surface area contributed by atoms with Crippen LogP contribution < -0.4 is 0 Å². The molecule has 0 saturated carbocycles. The number of aliphatic hydroxyl groups is 1. The van der Waals surface area contributed by atoms with Gasteiger partial charge in [-0.3, -0.25) is 0 Å². The second-order valence-corrected chi connectivity index (χ2v) is 5.52. The Morgan fingerprint density at radius 2 is 2.00 bits per heavy atom. The summed E-state index contributed by atoms with van der Waals surface area (Å²) in [4.78, 5) is 4.37. The summed E-state index contributed by atoms with van der Waals surface area (Å²) in [7, 11) is 0. The second-order valence-electron chi connectivity index (χ2n) is 4.61. The molecule has 102 valence electrons. The number of hydrogen-bond donors (Lipinski definition) is 1. The van der Waals surface area contributed by atoms with Gasteiger partial charge in [-0.05, 0) is 31.0 Å². The lowest BCUT2D eigenvalue weighted by molar-refractivity contribution is 0.141. The Balaban J connectivity index is 2.10. The van der Waals surface area contributed by atoms with Crippen LogP contribution in [0.25, 0.3) is 0 Å². The van der Waals surface area contributed by atoms with Crippen LogP contribution in [0.1, 0.15) is 43.5 Å². The normalized spacial score (nSPS) is 14.3. The van der Waals surface area contributed by atoms with Gasteiger partial charge in [-0.1, -0.05) is 40.1 Å². The number of hydrogen-bond acceptors (Lipinski definition) is 4. The number of aliphatic hydroxyl groups excluding tert-OH is 1. The minimum absolute atomic E-state index is 0.0915. The summed E-state index contributed by atoms with van der Waals surface area (Å²) in [5, 5.41) is 13.6. The van der Waals surface area contributed by atoms with Crippen LogP contribution in [-0.4, -0.2) is 21.4 Å². The summed E-state index contributed by atoms with van der Waals surface area (Å²) in [6.45, 7) is 3.74. The lowest BCUT2D eigenvalue weighted by atomic mass is 10.0. The fourth-order valence-corrected chi connectivity index (χ4v) is 2.26. The zero-order chi connectivity index (χ0) is 13.8. The van der Waals surface area contributed by atoms with E-state index in [2.05, 4.69) is 26.1 Å². The number of benzene rings is 1. The van der Waals surface area contributed by atoms with Crippen molar-refractivity contribution in [3.05, 3.63) is 46.0 Å². The van der Waals surface area contributed by atoms with Crippen LogP contribution in [0.4, 0.5) is 0 Å². The highest BCUT2D eigenvalue weighted by atomic mass is 79.9. The highest BCUT2D eigenvalue weighted by Gasteiger charge is 2.21. The van der Waals surface area contributed by atoms with Crippen LogP contribution in [0.2, 0.25) is 0 Å². The van der Waals surface area contributed by atoms with E-state index in [0.717, 1.165) is 16.5 Å². The van der Waals surface area contributed by atoms with Gasteiger partial charge in [-0.2, -0.15) is 4.98 Å². The van der Waals surface area contributed by atoms with Gasteiger partial charge >= 0.3 is 0 Å². The van der Waals surface area contributed by atoms with Crippen LogP contribution in [0.3, 0.4) is 0 Å². The van der Waals surface area contributed by atoms with Gasteiger partial charge in [-0.15, -0.1) is 0 Å². The molecular formula is C14H17BrN2O2. The third-order valence-corrected chi connectivity index (χ3v) is 3.63. The zero-order valence-corrected chi connectivity index (χ0v) is 12.6. The fourth-order valence-electron chi connectivity index (χ4n) is 2.00. The first-order valence-corrected chi connectivity index (χ1v) is 7.14. The van der Waals surface area contributed by atoms with Crippen LogP contribution in [0.5, 0.6) is 0 Å². The predicted molar refractivity (Wildman–Crippen MR) is 76.0 cm³/mol. The Labute approximate surface area is 121 Å². The maximum atomic E-state index is 9.66. The van der Waals surface area contributed by atoms with Gasteiger partial charge in [0.05, 0.1) is 12.0 Å². The first-order valence-electron chi connectivity index (χ1n) is 6.35. The van der Waals surface area contributed by atoms with Crippen LogP contribution in [0.15, 0.2) is 33.3 Å². The molecule has 2 rings (SSSR count). The summed E-state index contributed by atoms with van der Waals surface area (Å²) in [6, 6.07) is 8.01. The molecular weight excluding hydrogens is 308 g/mol. The van der Waals surface area contributed by atoms with Crippen molar-refractivity contribution < 1.29 is 9.63 Å². The van der Waals surface area contributed by atoms with Crippen LogP contribution in [0, 0.1) is 0 Å². The average Bonchev–Trinajstić information content (AvgIpc) is 2.81. The Morgan fingerprint density at radius 3 is 2.58 bits per heavy atom. The molecule has 4 nitrogen and oxygen atoms in total. The zero-order valence-electron chi connectivity index (χ0n) is 11.0. The van der Waals surface area contributed by atoms with Crippen LogP contribution >= 0.6 is 15.9 Å². The summed E-state index contributed by atoms with van der Waals surface area (Å²) >= 11 is 3.40. The van der Waals surface area contributed by atoms with E-state index in [1.165, 1.54) is 0 Å². The highest BCUT2D eigenvalue weighted by molar-refractivity contribution is 9.10. The number of rotatable bonds is 5. The molecule has 1 aromatic heterocycles. The Kier molecular flexibility index (Phi) is 4.71. The maximum absolute atomic E-state index is 9.66. The number of nitrogens with zero attached hydrogens (tertiary/aromatic N) is 2. The topological polar surface area (TPSA) is 59.2 Å². The molecule has 2 atom stereocenters. The van der Waals surface area contributed by atoms with Gasteiger partial charge in [0.15, 0.2) is 5.82 Å². The van der Waals surface area contributed by atoms with Gasteiger partial charge in [0.25, 0.3) is 0 Å². The van der Waals surface area contributed by atoms with Crippen molar-refractivity contribution >= 4 is 15.9 Å². The molecule has 19 heavy (non-hydrogen) atoms. The van der Waals surface area contributed by atoms with Crippen molar-refractivity contribution in [1.82, 2.24) is 10.1 Å². The third kappa shape index (κ3) is 3.64. The van der Waals surface area contributed by atoms with Crippen LogP contribution in [-0.2, 0) is 6.42 Å². The van der Waals surface area contributed by atoms with E-state index in [1.807, 2.05) is 31.2 Å². The summed E-state index contributed by atoms with van der Waals surface area (Å²) in [6.07, 6.45) is 0.927. The van der Waals surface area contributed by atoms with E-state index in [-0.39, 0.29) is 5.92 Å². The molecule has 0 fully saturated rings. The van der Waals surface area contributed by atoms with Gasteiger partial charge < -0.3 is 9.63 Å². The first kappa shape index (κ1) is 14.2. The highest BCUT2D eigenvalue weighted by Crippen LogP contribution is 2.22. The fraction of sp³-hybridized carbons (Fsp3) is 0.429. The predicted octanol–water partition coefficient (Wildman–Crippen LogP) is 3.30. The van der Waals surface area contributed by atoms with Gasteiger partial charge in [-0.25, -0.2) is 0 Å². The SMILES string of the molecule is CCC(c1nc(Cc2ccc(Br)cc2)no1)C(C)O. The minimum atomic E-state index is -0.481. The lowest BCUT2D eigenvalue weighted by Gasteiger charge is -2.12. The van der Waals surface area contributed by atoms with E-state index in [9.17, 15) is 5.11 Å². The molecule has 2 aromatic rings. The molecule has 0 bridgehead atoms. The molecule has 1 aromatic carbocycles. The Morgan fingerprint density at radius 1 is 1.32 bits per heavy atom. The molecule has 1 heterocycles. The van der Waals surface area contributed by atoms with Gasteiger partial charge in [0.2, 0.25) is 5.89 Å². The second kappa shape index (κ2) is 6.30. The Bertz CT molecular complexity index is 522. The number of aromatic nitrogens is 2. The monoisotopic (exact) mass is 324 g/mol. The van der Waals surface area contributed by atoms with Gasteiger partial charge in [0, 0.05) is 10.9 Å². The van der Waals surface area contributed by atoms with Crippen molar-refractivity contribution in [2.24, 2.45) is 0 Å². The third-order valence-electron chi connectivity index (χ3n) is 3.10.